The summed E-state index contributed by atoms with van der Waals surface area (Å²) in [5.74, 6) is 0. The third-order valence-corrected chi connectivity index (χ3v) is 7.70. The van der Waals surface area contributed by atoms with Crippen molar-refractivity contribution in [3.05, 3.63) is 0 Å². The summed E-state index contributed by atoms with van der Waals surface area (Å²) in [4.78, 5) is 0. The van der Waals surface area contributed by atoms with Gasteiger partial charge in [-0.05, 0) is 5.04 Å². The lowest BCUT2D eigenvalue weighted by molar-refractivity contribution is 0.543. The Bertz CT molecular complexity index is 95.8. The fraction of sp³-hybridized carbons (Fsp3) is 1.00. The molecule has 0 N–H and O–H groups in total. The predicted octanol–water partition coefficient (Wildman–Crippen LogP) is 3.90. The molecule has 0 saturated carbocycles. The lowest BCUT2D eigenvalue weighted by Gasteiger charge is -2.39. The minimum Gasteiger partial charge on any atom is -0.0692 e. The van der Waals surface area contributed by atoms with Crippen LogP contribution in [0.25, 0.3) is 0 Å². The molecule has 0 radical (unpaired) electrons. The highest BCUT2D eigenvalue weighted by Crippen LogP contribution is 2.43. The number of rotatable bonds is 3. The van der Waals surface area contributed by atoms with E-state index >= 15 is 0 Å². The molecule has 0 atom stereocenters. The zero-order valence-corrected chi connectivity index (χ0v) is 9.41. The predicted molar refractivity (Wildman–Crippen MR) is 52.3 cm³/mol. The van der Waals surface area contributed by atoms with Crippen molar-refractivity contribution in [2.75, 3.05) is 0 Å². The first kappa shape index (κ1) is 10.2. The smallest absolute Gasteiger partial charge is 0.0502 e. The Morgan fingerprint density at radius 3 is 1.30 bits per heavy atom. The van der Waals surface area contributed by atoms with Crippen LogP contribution in [0.1, 0.15) is 33.6 Å². The van der Waals surface area contributed by atoms with Crippen molar-refractivity contribution >= 4 is 8.07 Å². The first-order valence-electron chi connectivity index (χ1n) is 4.37. The van der Waals surface area contributed by atoms with Crippen molar-refractivity contribution in [2.45, 2.75) is 58.3 Å². The van der Waals surface area contributed by atoms with Gasteiger partial charge in [0.25, 0.3) is 0 Å². The van der Waals surface area contributed by atoms with Gasteiger partial charge in [-0.2, -0.15) is 0 Å². The molecule has 0 amide bonds. The standard InChI is InChI=1S/C9H22Si/c1-7-9(3,8-2)10(4,5)6/h7-8H2,1-6H3. The third kappa shape index (κ3) is 1.85. The Labute approximate surface area is 67.0 Å². The molecule has 10 heavy (non-hydrogen) atoms. The molecule has 0 fully saturated rings. The maximum absolute atomic E-state index is 2.47. The van der Waals surface area contributed by atoms with Gasteiger partial charge in [-0.1, -0.05) is 53.3 Å². The summed E-state index contributed by atoms with van der Waals surface area (Å²) in [6, 6.07) is 0. The van der Waals surface area contributed by atoms with Crippen LogP contribution in [0.2, 0.25) is 24.7 Å². The van der Waals surface area contributed by atoms with Gasteiger partial charge < -0.3 is 0 Å². The minimum absolute atomic E-state index is 0.660. The van der Waals surface area contributed by atoms with E-state index in [0.717, 1.165) is 0 Å². The van der Waals surface area contributed by atoms with E-state index in [4.69, 9.17) is 0 Å². The first-order valence-corrected chi connectivity index (χ1v) is 7.87. The average molecular weight is 158 g/mol. The van der Waals surface area contributed by atoms with Crippen LogP contribution in [0.4, 0.5) is 0 Å². The first-order chi connectivity index (χ1) is 4.37. The maximum Gasteiger partial charge on any atom is 0.0502 e. The van der Waals surface area contributed by atoms with Gasteiger partial charge in [0, 0.05) is 0 Å². The molecule has 0 aromatic rings. The molecule has 0 aromatic heterocycles. The van der Waals surface area contributed by atoms with E-state index < -0.39 is 8.07 Å². The van der Waals surface area contributed by atoms with Crippen LogP contribution in [0, 0.1) is 0 Å². The van der Waals surface area contributed by atoms with Crippen molar-refractivity contribution in [1.82, 2.24) is 0 Å². The summed E-state index contributed by atoms with van der Waals surface area (Å²) in [5, 5.41) is 0.660. The summed E-state index contributed by atoms with van der Waals surface area (Å²) in [5.41, 5.74) is 0. The Hall–Kier alpha value is 0.217. The Kier molecular flexibility index (Phi) is 3.15. The van der Waals surface area contributed by atoms with Crippen molar-refractivity contribution < 1.29 is 0 Å². The van der Waals surface area contributed by atoms with Crippen LogP contribution in [-0.4, -0.2) is 8.07 Å². The lowest BCUT2D eigenvalue weighted by Crippen LogP contribution is -2.36. The monoisotopic (exact) mass is 158 g/mol. The zero-order chi connectivity index (χ0) is 8.41. The van der Waals surface area contributed by atoms with Crippen molar-refractivity contribution in [1.29, 1.82) is 0 Å². The van der Waals surface area contributed by atoms with Gasteiger partial charge in [0.15, 0.2) is 0 Å². The Balaban J connectivity index is 4.33. The summed E-state index contributed by atoms with van der Waals surface area (Å²) in [6.45, 7) is 14.5. The van der Waals surface area contributed by atoms with E-state index in [1.54, 1.807) is 0 Å². The Morgan fingerprint density at radius 2 is 1.30 bits per heavy atom. The van der Waals surface area contributed by atoms with Gasteiger partial charge in [0.05, 0.1) is 8.07 Å². The molecule has 0 rings (SSSR count). The zero-order valence-electron chi connectivity index (χ0n) is 8.41. The maximum atomic E-state index is 2.47. The largest absolute Gasteiger partial charge is 0.0692 e. The quantitative estimate of drug-likeness (QED) is 0.546. The molecule has 0 aliphatic heterocycles. The number of hydrogen-bond donors (Lipinski definition) is 0. The molecule has 0 unspecified atom stereocenters. The van der Waals surface area contributed by atoms with Crippen LogP contribution < -0.4 is 0 Å². The van der Waals surface area contributed by atoms with Crippen molar-refractivity contribution in [3.8, 4) is 0 Å². The molecular weight excluding hydrogens is 136 g/mol. The molecule has 0 aliphatic rings. The van der Waals surface area contributed by atoms with Crippen LogP contribution in [-0.2, 0) is 0 Å². The SMILES string of the molecule is CCC(C)(CC)[Si](C)(C)C. The highest BCUT2D eigenvalue weighted by Gasteiger charge is 2.35. The van der Waals surface area contributed by atoms with Crippen LogP contribution in [0.5, 0.6) is 0 Å². The summed E-state index contributed by atoms with van der Waals surface area (Å²) in [6.07, 6.45) is 2.69. The van der Waals surface area contributed by atoms with E-state index in [2.05, 4.69) is 40.4 Å². The van der Waals surface area contributed by atoms with E-state index in [1.807, 2.05) is 0 Å². The highest BCUT2D eigenvalue weighted by atomic mass is 28.3. The molecule has 62 valence electrons. The fourth-order valence-electron chi connectivity index (χ4n) is 1.31. The lowest BCUT2D eigenvalue weighted by atomic mass is 10.1. The van der Waals surface area contributed by atoms with Crippen molar-refractivity contribution in [2.24, 2.45) is 0 Å². The normalized spacial score (nSPS) is 13.8. The molecule has 0 bridgehead atoms. The molecule has 0 aliphatic carbocycles. The molecule has 0 spiro atoms. The van der Waals surface area contributed by atoms with E-state index in [9.17, 15) is 0 Å². The third-order valence-electron chi connectivity index (χ3n) is 3.37. The average Bonchev–Trinajstić information content (AvgIpc) is 1.84. The van der Waals surface area contributed by atoms with Gasteiger partial charge in [-0.25, -0.2) is 0 Å². The van der Waals surface area contributed by atoms with Crippen LogP contribution in [0.15, 0.2) is 0 Å². The van der Waals surface area contributed by atoms with Crippen LogP contribution in [0.3, 0.4) is 0 Å². The molecule has 0 saturated heterocycles. The second-order valence-corrected chi connectivity index (χ2v) is 10.2. The van der Waals surface area contributed by atoms with Gasteiger partial charge >= 0.3 is 0 Å². The highest BCUT2D eigenvalue weighted by molar-refractivity contribution is 6.79. The van der Waals surface area contributed by atoms with Gasteiger partial charge in [0.2, 0.25) is 0 Å². The van der Waals surface area contributed by atoms with E-state index in [0.29, 0.717) is 5.04 Å². The second-order valence-electron chi connectivity index (χ2n) is 4.52. The Morgan fingerprint density at radius 1 is 1.00 bits per heavy atom. The molecular formula is C9H22Si. The summed E-state index contributed by atoms with van der Waals surface area (Å²) in [7, 11) is -0.911. The van der Waals surface area contributed by atoms with E-state index in [-0.39, 0.29) is 0 Å². The van der Waals surface area contributed by atoms with Gasteiger partial charge in [-0.15, -0.1) is 0 Å². The summed E-state index contributed by atoms with van der Waals surface area (Å²) >= 11 is 0. The molecule has 0 nitrogen and oxygen atoms in total. The van der Waals surface area contributed by atoms with Crippen molar-refractivity contribution in [3.63, 3.8) is 0 Å². The molecule has 0 aromatic carbocycles. The topological polar surface area (TPSA) is 0 Å². The summed E-state index contributed by atoms with van der Waals surface area (Å²) < 4.78 is 0. The molecule has 0 heterocycles. The van der Waals surface area contributed by atoms with E-state index in [1.165, 1.54) is 12.8 Å². The van der Waals surface area contributed by atoms with Gasteiger partial charge in [0.1, 0.15) is 0 Å². The minimum atomic E-state index is -0.911. The van der Waals surface area contributed by atoms with Gasteiger partial charge in [-0.3, -0.25) is 0 Å². The molecule has 1 heteroatoms. The number of hydrogen-bond acceptors (Lipinski definition) is 0. The fourth-order valence-corrected chi connectivity index (χ4v) is 3.43. The van der Waals surface area contributed by atoms with Crippen LogP contribution >= 0.6 is 0 Å². The second kappa shape index (κ2) is 3.08.